The lowest BCUT2D eigenvalue weighted by Gasteiger charge is -2.30. The topological polar surface area (TPSA) is 134 Å². The van der Waals surface area contributed by atoms with Gasteiger partial charge in [0.15, 0.2) is 0 Å². The van der Waals surface area contributed by atoms with E-state index in [1.807, 2.05) is 19.1 Å². The van der Waals surface area contributed by atoms with Crippen LogP contribution in [-0.4, -0.2) is 45.6 Å². The van der Waals surface area contributed by atoms with Crippen LogP contribution in [0.15, 0.2) is 66.7 Å². The molecule has 0 fully saturated rings. The van der Waals surface area contributed by atoms with Crippen molar-refractivity contribution >= 4 is 11.9 Å². The van der Waals surface area contributed by atoms with Gasteiger partial charge in [-0.15, -0.1) is 0 Å². The van der Waals surface area contributed by atoms with Crippen molar-refractivity contribution in [3.63, 3.8) is 0 Å². The molecule has 0 aliphatic rings. The molecule has 8 nitrogen and oxygen atoms in total. The van der Waals surface area contributed by atoms with E-state index < -0.39 is 11.9 Å². The molecule has 0 saturated carbocycles. The van der Waals surface area contributed by atoms with Crippen molar-refractivity contribution in [2.45, 2.75) is 85.0 Å². The van der Waals surface area contributed by atoms with E-state index in [4.69, 9.17) is 9.47 Å². The van der Waals surface area contributed by atoms with Gasteiger partial charge in [0.2, 0.25) is 0 Å². The fourth-order valence-corrected chi connectivity index (χ4v) is 5.84. The summed E-state index contributed by atoms with van der Waals surface area (Å²) in [6.45, 7) is 15.7. The molecule has 0 amide bonds. The zero-order valence-electron chi connectivity index (χ0n) is 29.5. The minimum absolute atomic E-state index is 0.0317. The Bertz CT molecular complexity index is 1750. The van der Waals surface area contributed by atoms with Crippen molar-refractivity contribution < 1.29 is 39.5 Å². The van der Waals surface area contributed by atoms with Gasteiger partial charge < -0.3 is 29.9 Å². The van der Waals surface area contributed by atoms with Crippen LogP contribution in [-0.2, 0) is 23.7 Å². The van der Waals surface area contributed by atoms with Crippen molar-refractivity contribution in [1.29, 1.82) is 0 Å². The normalized spacial score (nSPS) is 11.7. The van der Waals surface area contributed by atoms with E-state index in [0.29, 0.717) is 29.7 Å². The molecule has 4 rings (SSSR count). The number of aromatic carboxylic acids is 2. The Morgan fingerprint density at radius 3 is 1.61 bits per heavy atom. The summed E-state index contributed by atoms with van der Waals surface area (Å²) in [4.78, 5) is 23.5. The van der Waals surface area contributed by atoms with Gasteiger partial charge in [-0.25, -0.2) is 9.59 Å². The van der Waals surface area contributed by atoms with Crippen molar-refractivity contribution in [3.8, 4) is 23.0 Å². The highest BCUT2D eigenvalue weighted by atomic mass is 16.5. The second-order valence-electron chi connectivity index (χ2n) is 14.0. The van der Waals surface area contributed by atoms with Crippen LogP contribution in [0.2, 0.25) is 0 Å². The van der Waals surface area contributed by atoms with Gasteiger partial charge in [0.05, 0.1) is 0 Å². The Hall–Kier alpha value is -4.98. The standard InChI is InChI=1S/C41H48O8/c1-8-40(4,5)30-12-15-36(33(24-30)41(6,7)9-2)48-16-17-49-37-28(20-26-10-13-34(42)31(22-26)38(44)45)18-25(3)19-29(37)21-27-11-14-35(43)32(23-27)39(46)47/h10-15,18-19,22-24,42-43H,8-9,16-17,20-21H2,1-7H3,(H,44,45)(H,46,47). The van der Waals surface area contributed by atoms with Gasteiger partial charge in [-0.05, 0) is 88.7 Å². The summed E-state index contributed by atoms with van der Waals surface area (Å²) in [5.41, 5.74) is 5.84. The SMILES string of the molecule is CCC(C)(C)c1ccc(OCCOc2c(Cc3ccc(O)c(C(=O)O)c3)cc(C)cc2Cc2ccc(O)c(C(=O)O)c2)c(C(C)(C)CC)c1. The first-order valence-corrected chi connectivity index (χ1v) is 16.7. The Morgan fingerprint density at radius 2 is 1.14 bits per heavy atom. The molecule has 4 aromatic rings. The van der Waals surface area contributed by atoms with Gasteiger partial charge >= 0.3 is 11.9 Å². The van der Waals surface area contributed by atoms with Crippen LogP contribution >= 0.6 is 0 Å². The van der Waals surface area contributed by atoms with Crippen molar-refractivity contribution in [1.82, 2.24) is 0 Å². The van der Waals surface area contributed by atoms with E-state index in [1.165, 1.54) is 29.8 Å². The molecule has 4 aromatic carbocycles. The van der Waals surface area contributed by atoms with Crippen LogP contribution < -0.4 is 9.47 Å². The second-order valence-corrected chi connectivity index (χ2v) is 14.0. The smallest absolute Gasteiger partial charge is 0.339 e. The average Bonchev–Trinajstić information content (AvgIpc) is 3.05. The molecule has 0 radical (unpaired) electrons. The van der Waals surface area contributed by atoms with Crippen LogP contribution in [0.5, 0.6) is 23.0 Å². The highest BCUT2D eigenvalue weighted by Gasteiger charge is 2.27. The molecular formula is C41H48O8. The predicted molar refractivity (Wildman–Crippen MR) is 191 cm³/mol. The van der Waals surface area contributed by atoms with Gasteiger partial charge in [0.25, 0.3) is 0 Å². The number of carboxylic acids is 2. The lowest BCUT2D eigenvalue weighted by molar-refractivity contribution is 0.0682. The van der Waals surface area contributed by atoms with Crippen molar-refractivity contribution in [2.75, 3.05) is 13.2 Å². The third-order valence-electron chi connectivity index (χ3n) is 9.60. The monoisotopic (exact) mass is 668 g/mol. The molecule has 49 heavy (non-hydrogen) atoms. The Labute approximate surface area is 289 Å². The minimum Gasteiger partial charge on any atom is -0.507 e. The van der Waals surface area contributed by atoms with Gasteiger partial charge in [-0.3, -0.25) is 0 Å². The lowest BCUT2D eigenvalue weighted by atomic mass is 9.76. The van der Waals surface area contributed by atoms with E-state index in [0.717, 1.165) is 40.8 Å². The van der Waals surface area contributed by atoms with Crippen LogP contribution in [0.4, 0.5) is 0 Å². The van der Waals surface area contributed by atoms with Gasteiger partial charge in [0.1, 0.15) is 47.3 Å². The molecule has 0 saturated heterocycles. The maximum atomic E-state index is 11.7. The summed E-state index contributed by atoms with van der Waals surface area (Å²) >= 11 is 0. The molecule has 0 unspecified atom stereocenters. The fourth-order valence-electron chi connectivity index (χ4n) is 5.84. The second kappa shape index (κ2) is 15.1. The lowest BCUT2D eigenvalue weighted by Crippen LogP contribution is -2.22. The number of hydrogen-bond acceptors (Lipinski definition) is 6. The van der Waals surface area contributed by atoms with E-state index >= 15 is 0 Å². The summed E-state index contributed by atoms with van der Waals surface area (Å²) in [7, 11) is 0. The first kappa shape index (κ1) is 36.8. The van der Waals surface area contributed by atoms with E-state index in [-0.39, 0.29) is 46.7 Å². The molecule has 0 bridgehead atoms. The fraction of sp³-hybridized carbons (Fsp3) is 0.366. The van der Waals surface area contributed by atoms with Crippen LogP contribution in [0.3, 0.4) is 0 Å². The molecule has 0 aromatic heterocycles. The van der Waals surface area contributed by atoms with Gasteiger partial charge in [0, 0.05) is 18.4 Å². The van der Waals surface area contributed by atoms with Crippen LogP contribution in [0.1, 0.15) is 114 Å². The number of carbonyl (C=O) groups is 2. The van der Waals surface area contributed by atoms with Crippen LogP contribution in [0.25, 0.3) is 0 Å². The van der Waals surface area contributed by atoms with Crippen molar-refractivity contribution in [2.24, 2.45) is 0 Å². The van der Waals surface area contributed by atoms with E-state index in [9.17, 15) is 30.0 Å². The zero-order chi connectivity index (χ0) is 36.1. The maximum Gasteiger partial charge on any atom is 0.339 e. The summed E-state index contributed by atoms with van der Waals surface area (Å²) < 4.78 is 12.9. The third kappa shape index (κ3) is 8.74. The number of aryl methyl sites for hydroxylation is 1. The first-order valence-electron chi connectivity index (χ1n) is 16.7. The van der Waals surface area contributed by atoms with Gasteiger partial charge in [-0.2, -0.15) is 0 Å². The third-order valence-corrected chi connectivity index (χ3v) is 9.60. The number of aromatic hydroxyl groups is 2. The summed E-state index contributed by atoms with van der Waals surface area (Å²) in [5.74, 6) is -1.68. The number of hydrogen-bond donors (Lipinski definition) is 4. The van der Waals surface area contributed by atoms with E-state index in [1.54, 1.807) is 12.1 Å². The quantitative estimate of drug-likeness (QED) is 0.0924. The van der Waals surface area contributed by atoms with Crippen LogP contribution in [0, 0.1) is 6.92 Å². The number of benzene rings is 4. The largest absolute Gasteiger partial charge is 0.507 e. The average molecular weight is 669 g/mol. The summed E-state index contributed by atoms with van der Waals surface area (Å²) in [5, 5.41) is 39.3. The minimum atomic E-state index is -1.23. The molecule has 0 heterocycles. The predicted octanol–water partition coefficient (Wildman–Crippen LogP) is 8.82. The van der Waals surface area contributed by atoms with Gasteiger partial charge in [-0.1, -0.05) is 83.5 Å². The highest BCUT2D eigenvalue weighted by molar-refractivity contribution is 5.91. The molecule has 0 aliphatic heterocycles. The number of ether oxygens (including phenoxy) is 2. The Kier molecular flexibility index (Phi) is 11.3. The molecule has 0 spiro atoms. The summed E-state index contributed by atoms with van der Waals surface area (Å²) in [6, 6.07) is 19.4. The Balaban J connectivity index is 1.68. The molecular weight excluding hydrogens is 620 g/mol. The molecule has 4 N–H and O–H groups in total. The van der Waals surface area contributed by atoms with Crippen molar-refractivity contribution in [3.05, 3.63) is 117 Å². The number of carboxylic acid groups (broad SMARTS) is 2. The maximum absolute atomic E-state index is 11.7. The number of phenols is 2. The zero-order valence-corrected chi connectivity index (χ0v) is 29.5. The highest BCUT2D eigenvalue weighted by Crippen LogP contribution is 2.39. The molecule has 0 aliphatic carbocycles. The molecule has 8 heteroatoms. The molecule has 0 atom stereocenters. The molecule has 260 valence electrons. The summed E-state index contributed by atoms with van der Waals surface area (Å²) in [6.07, 6.45) is 2.60. The number of rotatable bonds is 15. The Morgan fingerprint density at radius 1 is 0.653 bits per heavy atom. The first-order chi connectivity index (χ1) is 23.1. The van der Waals surface area contributed by atoms with E-state index in [2.05, 4.69) is 59.7 Å².